The van der Waals surface area contributed by atoms with E-state index in [2.05, 4.69) is 15.8 Å². The molecule has 4 bridgehead atoms. The normalized spacial score (nSPS) is 27.8. The SMILES string of the molecule is CC(C)CSc1c(OCC(F)(F)C(=O)NCCN)noc1C(=O)NC1C2CC3CC(C2)CC1C3. The highest BCUT2D eigenvalue weighted by Gasteiger charge is 2.49. The predicted molar refractivity (Wildman–Crippen MR) is 123 cm³/mol. The van der Waals surface area contributed by atoms with Crippen molar-refractivity contribution in [3.8, 4) is 5.88 Å². The number of halogens is 2. The van der Waals surface area contributed by atoms with Gasteiger partial charge in [-0.25, -0.2) is 0 Å². The van der Waals surface area contributed by atoms with Gasteiger partial charge in [0.1, 0.15) is 4.90 Å². The number of nitrogens with one attached hydrogen (secondary N) is 2. The molecule has 4 fully saturated rings. The van der Waals surface area contributed by atoms with Gasteiger partial charge in [-0.3, -0.25) is 9.59 Å². The maximum absolute atomic E-state index is 14.2. The number of nitrogens with two attached hydrogens (primary N) is 1. The molecular weight excluding hydrogens is 466 g/mol. The number of ether oxygens (including phenoxy) is 1. The minimum atomic E-state index is -3.78. The molecule has 0 aliphatic heterocycles. The summed E-state index contributed by atoms with van der Waals surface area (Å²) in [7, 11) is 0. The molecule has 0 radical (unpaired) electrons. The quantitative estimate of drug-likeness (QED) is 0.400. The fourth-order valence-electron chi connectivity index (χ4n) is 5.80. The molecule has 11 heteroatoms. The van der Waals surface area contributed by atoms with Crippen LogP contribution in [-0.4, -0.2) is 54.4 Å². The lowest BCUT2D eigenvalue weighted by Gasteiger charge is -2.54. The van der Waals surface area contributed by atoms with Crippen LogP contribution in [-0.2, 0) is 4.79 Å². The van der Waals surface area contributed by atoms with Crippen LogP contribution in [0, 0.1) is 29.6 Å². The summed E-state index contributed by atoms with van der Waals surface area (Å²) in [6, 6.07) is 0.105. The minimum Gasteiger partial charge on any atom is -0.468 e. The van der Waals surface area contributed by atoms with Gasteiger partial charge in [-0.2, -0.15) is 8.78 Å². The van der Waals surface area contributed by atoms with Crippen LogP contribution in [0.5, 0.6) is 5.88 Å². The van der Waals surface area contributed by atoms with Crippen LogP contribution in [0.25, 0.3) is 0 Å². The average Bonchev–Trinajstić information content (AvgIpc) is 3.19. The Kier molecular flexibility index (Phi) is 7.71. The van der Waals surface area contributed by atoms with E-state index in [-0.39, 0.29) is 41.6 Å². The Hall–Kier alpha value is -1.88. The van der Waals surface area contributed by atoms with Crippen LogP contribution < -0.4 is 21.1 Å². The second-order valence-corrected chi connectivity index (χ2v) is 11.3. The number of thioether (sulfide) groups is 1. The van der Waals surface area contributed by atoms with Gasteiger partial charge in [0.25, 0.3) is 17.7 Å². The first-order valence-corrected chi connectivity index (χ1v) is 13.1. The van der Waals surface area contributed by atoms with E-state index in [1.165, 1.54) is 18.2 Å². The summed E-state index contributed by atoms with van der Waals surface area (Å²) >= 11 is 1.28. The van der Waals surface area contributed by atoms with Crippen molar-refractivity contribution in [3.63, 3.8) is 0 Å². The molecule has 4 aliphatic carbocycles. The van der Waals surface area contributed by atoms with E-state index in [4.69, 9.17) is 15.0 Å². The van der Waals surface area contributed by atoms with Gasteiger partial charge in [0, 0.05) is 24.9 Å². The van der Waals surface area contributed by atoms with Gasteiger partial charge in [0.15, 0.2) is 6.61 Å². The molecule has 2 amide bonds. The molecule has 8 nitrogen and oxygen atoms in total. The predicted octanol–water partition coefficient (Wildman–Crippen LogP) is 3.07. The number of hydrogen-bond donors (Lipinski definition) is 3. The monoisotopic (exact) mass is 500 g/mol. The van der Waals surface area contributed by atoms with Gasteiger partial charge < -0.3 is 25.6 Å². The Morgan fingerprint density at radius 3 is 2.44 bits per heavy atom. The largest absolute Gasteiger partial charge is 0.468 e. The first-order valence-electron chi connectivity index (χ1n) is 12.1. The van der Waals surface area contributed by atoms with Crippen molar-refractivity contribution in [1.29, 1.82) is 0 Å². The standard InChI is InChI=1S/C23H34F2N4O4S/c1-12(2)10-34-19-18(33-29-21(19)32-11-23(24,25)22(31)27-4-3-26)20(30)28-17-15-6-13-5-14(8-15)9-16(17)7-13/h12-17H,3-11,26H2,1-2H3,(H,27,31)(H,28,30). The number of rotatable bonds is 11. The molecule has 0 spiro atoms. The smallest absolute Gasteiger partial charge is 0.357 e. The zero-order valence-electron chi connectivity index (χ0n) is 19.6. The number of amides is 2. The molecule has 5 rings (SSSR count). The Labute approximate surface area is 202 Å². The van der Waals surface area contributed by atoms with Crippen LogP contribution in [0.3, 0.4) is 0 Å². The molecule has 1 aromatic rings. The second-order valence-electron chi connectivity index (χ2n) is 10.3. The number of carbonyl (C=O) groups is 2. The maximum Gasteiger partial charge on any atom is 0.357 e. The van der Waals surface area contributed by atoms with E-state index in [1.54, 1.807) is 0 Å². The van der Waals surface area contributed by atoms with Crippen LogP contribution in [0.15, 0.2) is 9.42 Å². The molecule has 0 saturated heterocycles. The van der Waals surface area contributed by atoms with Gasteiger partial charge in [-0.05, 0) is 66.9 Å². The van der Waals surface area contributed by atoms with Crippen LogP contribution in [0.2, 0.25) is 0 Å². The fraction of sp³-hybridized carbons (Fsp3) is 0.783. The topological polar surface area (TPSA) is 119 Å². The maximum atomic E-state index is 14.2. The first-order chi connectivity index (χ1) is 16.2. The van der Waals surface area contributed by atoms with Crippen molar-refractivity contribution in [2.45, 2.75) is 62.8 Å². The zero-order chi connectivity index (χ0) is 24.5. The van der Waals surface area contributed by atoms with Crippen molar-refractivity contribution in [1.82, 2.24) is 15.8 Å². The third-order valence-corrected chi connectivity index (χ3v) is 8.55. The number of carbonyl (C=O) groups excluding carboxylic acids is 2. The number of aromatic nitrogens is 1. The average molecular weight is 501 g/mol. The molecule has 1 aromatic heterocycles. The molecule has 4 N–H and O–H groups in total. The summed E-state index contributed by atoms with van der Waals surface area (Å²) in [5.74, 6) is -2.46. The summed E-state index contributed by atoms with van der Waals surface area (Å²) in [6.45, 7) is 2.77. The molecule has 1 heterocycles. The van der Waals surface area contributed by atoms with E-state index in [0.717, 1.165) is 37.5 Å². The third kappa shape index (κ3) is 5.50. The Balaban J connectivity index is 1.45. The highest BCUT2D eigenvalue weighted by atomic mass is 32.2. The third-order valence-electron chi connectivity index (χ3n) is 7.06. The Bertz CT molecular complexity index is 866. The van der Waals surface area contributed by atoms with Crippen molar-refractivity contribution in [3.05, 3.63) is 5.76 Å². The molecular formula is C23H34F2N4O4S. The van der Waals surface area contributed by atoms with E-state index in [0.29, 0.717) is 17.6 Å². The molecule has 34 heavy (non-hydrogen) atoms. The van der Waals surface area contributed by atoms with E-state index in [9.17, 15) is 18.4 Å². The lowest BCUT2D eigenvalue weighted by Crippen LogP contribution is -2.55. The molecule has 4 aliphatic rings. The van der Waals surface area contributed by atoms with Crippen molar-refractivity contribution >= 4 is 23.6 Å². The van der Waals surface area contributed by atoms with Gasteiger partial charge in [-0.15, -0.1) is 11.8 Å². The summed E-state index contributed by atoms with van der Waals surface area (Å²) in [6.07, 6.45) is 5.93. The Morgan fingerprint density at radius 1 is 1.21 bits per heavy atom. The van der Waals surface area contributed by atoms with Gasteiger partial charge >= 0.3 is 5.92 Å². The molecule has 4 saturated carbocycles. The van der Waals surface area contributed by atoms with Gasteiger partial charge in [0.2, 0.25) is 5.76 Å². The molecule has 0 aromatic carbocycles. The number of hydrogen-bond acceptors (Lipinski definition) is 7. The van der Waals surface area contributed by atoms with Crippen LogP contribution in [0.1, 0.15) is 56.5 Å². The number of nitrogens with zero attached hydrogens (tertiary/aromatic N) is 1. The van der Waals surface area contributed by atoms with Gasteiger partial charge in [0.05, 0.1) is 0 Å². The highest BCUT2D eigenvalue weighted by Crippen LogP contribution is 2.53. The summed E-state index contributed by atoms with van der Waals surface area (Å²) in [5.41, 5.74) is 5.25. The van der Waals surface area contributed by atoms with E-state index < -0.39 is 24.3 Å². The summed E-state index contributed by atoms with van der Waals surface area (Å²) < 4.78 is 38.9. The molecule has 0 unspecified atom stereocenters. The van der Waals surface area contributed by atoms with E-state index in [1.807, 2.05) is 13.8 Å². The fourth-order valence-corrected chi connectivity index (χ4v) is 6.78. The van der Waals surface area contributed by atoms with Crippen molar-refractivity contribution < 1.29 is 27.6 Å². The molecule has 190 valence electrons. The van der Waals surface area contributed by atoms with Gasteiger partial charge in [-0.1, -0.05) is 13.8 Å². The highest BCUT2D eigenvalue weighted by molar-refractivity contribution is 7.99. The van der Waals surface area contributed by atoms with E-state index >= 15 is 0 Å². The Morgan fingerprint density at radius 2 is 1.85 bits per heavy atom. The lowest BCUT2D eigenvalue weighted by atomic mass is 9.54. The van der Waals surface area contributed by atoms with Crippen molar-refractivity contribution in [2.75, 3.05) is 25.4 Å². The lowest BCUT2D eigenvalue weighted by molar-refractivity contribution is -0.149. The number of alkyl halides is 2. The van der Waals surface area contributed by atoms with Crippen molar-refractivity contribution in [2.24, 2.45) is 35.3 Å². The van der Waals surface area contributed by atoms with Crippen LogP contribution in [0.4, 0.5) is 8.78 Å². The first kappa shape index (κ1) is 25.2. The molecule has 0 atom stereocenters. The summed E-state index contributed by atoms with van der Waals surface area (Å²) in [4.78, 5) is 25.2. The zero-order valence-corrected chi connectivity index (χ0v) is 20.5. The minimum absolute atomic E-state index is 0.0228. The summed E-state index contributed by atoms with van der Waals surface area (Å²) in [5, 5.41) is 8.98. The second kappa shape index (κ2) is 10.4. The van der Waals surface area contributed by atoms with Crippen LogP contribution >= 0.6 is 11.8 Å².